The first-order chi connectivity index (χ1) is 10.9. The van der Waals surface area contributed by atoms with Gasteiger partial charge in [0, 0.05) is 10.6 Å². The Morgan fingerprint density at radius 3 is 2.70 bits per heavy atom. The van der Waals surface area contributed by atoms with Crippen LogP contribution in [0.3, 0.4) is 0 Å². The number of aromatic nitrogens is 2. The zero-order chi connectivity index (χ0) is 16.7. The lowest BCUT2D eigenvalue weighted by Crippen LogP contribution is -2.33. The molecular formula is C14H8ClFN4O3. The number of hydrogen-bond donors (Lipinski definition) is 3. The summed E-state index contributed by atoms with van der Waals surface area (Å²) in [4.78, 5) is 27.8. The summed E-state index contributed by atoms with van der Waals surface area (Å²) in [6, 6.07) is 5.74. The summed E-state index contributed by atoms with van der Waals surface area (Å²) >= 11 is 6.05. The molecule has 3 rings (SSSR count). The highest BCUT2D eigenvalue weighted by molar-refractivity contribution is 6.31. The summed E-state index contributed by atoms with van der Waals surface area (Å²) in [6.45, 7) is 0. The van der Waals surface area contributed by atoms with Crippen molar-refractivity contribution in [2.24, 2.45) is 5.73 Å². The quantitative estimate of drug-likeness (QED) is 0.719. The number of ether oxygens (including phenoxy) is 1. The molecule has 23 heavy (non-hydrogen) atoms. The van der Waals surface area contributed by atoms with Gasteiger partial charge in [0.05, 0.1) is 11.5 Å². The van der Waals surface area contributed by atoms with E-state index in [1.165, 1.54) is 12.1 Å². The van der Waals surface area contributed by atoms with Crippen molar-refractivity contribution in [3.63, 3.8) is 0 Å². The van der Waals surface area contributed by atoms with E-state index < -0.39 is 23.0 Å². The lowest BCUT2D eigenvalue weighted by atomic mass is 9.85. The molecule has 1 aliphatic heterocycles. The molecule has 1 aromatic heterocycles. The van der Waals surface area contributed by atoms with Gasteiger partial charge in [-0.3, -0.25) is 14.8 Å². The largest absolute Gasteiger partial charge is 0.424 e. The summed E-state index contributed by atoms with van der Waals surface area (Å²) in [5, 5.41) is 9.34. The van der Waals surface area contributed by atoms with Gasteiger partial charge in [0.15, 0.2) is 0 Å². The fourth-order valence-electron chi connectivity index (χ4n) is 2.46. The number of allylic oxidation sites excluding steroid dienone is 1. The molecule has 0 saturated carbocycles. The Morgan fingerprint density at radius 2 is 2.04 bits per heavy atom. The predicted octanol–water partition coefficient (Wildman–Crippen LogP) is 1.07. The molecule has 1 aliphatic rings. The Kier molecular flexibility index (Phi) is 3.42. The minimum Gasteiger partial charge on any atom is -0.424 e. The number of aromatic amines is 2. The smallest absolute Gasteiger partial charge is 0.328 e. The molecule has 0 amide bonds. The SMILES string of the molecule is N#CC1=C(N)Oc2[nH]c(=O)[nH]c(=O)c2[C@H]1c1c(F)cccc1Cl. The van der Waals surface area contributed by atoms with Gasteiger partial charge in [0.25, 0.3) is 5.56 Å². The second-order valence-electron chi connectivity index (χ2n) is 4.71. The van der Waals surface area contributed by atoms with Crippen molar-refractivity contribution >= 4 is 11.6 Å². The summed E-state index contributed by atoms with van der Waals surface area (Å²) in [7, 11) is 0. The van der Waals surface area contributed by atoms with E-state index in [4.69, 9.17) is 22.1 Å². The summed E-state index contributed by atoms with van der Waals surface area (Å²) in [5.74, 6) is -2.51. The van der Waals surface area contributed by atoms with Gasteiger partial charge in [-0.15, -0.1) is 0 Å². The topological polar surface area (TPSA) is 125 Å². The number of nitrogens with zero attached hydrogens (tertiary/aromatic N) is 1. The van der Waals surface area contributed by atoms with Gasteiger partial charge in [-0.1, -0.05) is 17.7 Å². The molecular weight excluding hydrogens is 327 g/mol. The maximum atomic E-state index is 14.3. The van der Waals surface area contributed by atoms with Crippen LogP contribution in [0.2, 0.25) is 5.02 Å². The van der Waals surface area contributed by atoms with Gasteiger partial charge >= 0.3 is 5.69 Å². The van der Waals surface area contributed by atoms with Gasteiger partial charge in [0.2, 0.25) is 11.8 Å². The number of rotatable bonds is 1. The van der Waals surface area contributed by atoms with E-state index in [1.54, 1.807) is 6.07 Å². The Bertz CT molecular complexity index is 982. The Hall–Kier alpha value is -3.05. The highest BCUT2D eigenvalue weighted by Crippen LogP contribution is 2.42. The molecule has 0 fully saturated rings. The van der Waals surface area contributed by atoms with E-state index in [9.17, 15) is 19.2 Å². The normalized spacial score (nSPS) is 16.5. The lowest BCUT2D eigenvalue weighted by Gasteiger charge is -2.25. The van der Waals surface area contributed by atoms with E-state index in [-0.39, 0.29) is 33.5 Å². The molecule has 9 heteroatoms. The predicted molar refractivity (Wildman–Crippen MR) is 78.4 cm³/mol. The zero-order valence-corrected chi connectivity index (χ0v) is 12.1. The van der Waals surface area contributed by atoms with Gasteiger partial charge < -0.3 is 10.5 Å². The minimum atomic E-state index is -1.20. The van der Waals surface area contributed by atoms with Gasteiger partial charge in [-0.2, -0.15) is 5.26 Å². The van der Waals surface area contributed by atoms with Crippen molar-refractivity contribution < 1.29 is 9.13 Å². The average Bonchev–Trinajstić information content (AvgIpc) is 2.46. The van der Waals surface area contributed by atoms with Crippen LogP contribution in [-0.4, -0.2) is 9.97 Å². The average molecular weight is 335 g/mol. The number of nitriles is 1. The first kappa shape index (κ1) is 14.9. The van der Waals surface area contributed by atoms with E-state index in [0.29, 0.717) is 0 Å². The molecule has 2 aromatic rings. The van der Waals surface area contributed by atoms with Crippen LogP contribution in [0.15, 0.2) is 39.2 Å². The maximum absolute atomic E-state index is 14.3. The number of halogens is 2. The molecule has 2 heterocycles. The molecule has 4 N–H and O–H groups in total. The number of H-pyrrole nitrogens is 2. The second kappa shape index (κ2) is 5.30. The van der Waals surface area contributed by atoms with Crippen LogP contribution in [0.5, 0.6) is 5.88 Å². The Labute approximate surface area is 132 Å². The number of nitrogens with two attached hydrogens (primary N) is 1. The number of hydrogen-bond acceptors (Lipinski definition) is 5. The molecule has 0 aliphatic carbocycles. The minimum absolute atomic E-state index is 0.00833. The molecule has 1 atom stereocenters. The Morgan fingerprint density at radius 1 is 1.30 bits per heavy atom. The molecule has 7 nitrogen and oxygen atoms in total. The lowest BCUT2D eigenvalue weighted by molar-refractivity contribution is 0.372. The van der Waals surface area contributed by atoms with Crippen LogP contribution < -0.4 is 21.7 Å². The third-order valence-corrected chi connectivity index (χ3v) is 3.74. The van der Waals surface area contributed by atoms with E-state index >= 15 is 0 Å². The van der Waals surface area contributed by atoms with Crippen LogP contribution in [0.1, 0.15) is 17.0 Å². The van der Waals surface area contributed by atoms with Crippen molar-refractivity contribution in [2.75, 3.05) is 0 Å². The fourth-order valence-corrected chi connectivity index (χ4v) is 2.74. The van der Waals surface area contributed by atoms with E-state index in [2.05, 4.69) is 4.98 Å². The van der Waals surface area contributed by atoms with E-state index in [0.717, 1.165) is 6.07 Å². The summed E-state index contributed by atoms with van der Waals surface area (Å²) in [5.41, 5.74) is 3.59. The fraction of sp³-hybridized carbons (Fsp3) is 0.0714. The van der Waals surface area contributed by atoms with Crippen LogP contribution >= 0.6 is 11.6 Å². The molecule has 1 aromatic carbocycles. The van der Waals surface area contributed by atoms with Crippen molar-refractivity contribution in [2.45, 2.75) is 5.92 Å². The van der Waals surface area contributed by atoms with Crippen molar-refractivity contribution in [1.29, 1.82) is 5.26 Å². The van der Waals surface area contributed by atoms with Crippen molar-refractivity contribution in [3.05, 3.63) is 72.5 Å². The maximum Gasteiger partial charge on any atom is 0.328 e. The first-order valence-electron chi connectivity index (χ1n) is 6.32. The number of nitrogens with one attached hydrogen (secondary N) is 2. The van der Waals surface area contributed by atoms with Crippen LogP contribution in [-0.2, 0) is 0 Å². The Balaban J connectivity index is 2.42. The van der Waals surface area contributed by atoms with Gasteiger partial charge in [-0.05, 0) is 12.1 Å². The summed E-state index contributed by atoms with van der Waals surface area (Å²) < 4.78 is 19.4. The third-order valence-electron chi connectivity index (χ3n) is 3.41. The van der Waals surface area contributed by atoms with Gasteiger partial charge in [0.1, 0.15) is 17.5 Å². The zero-order valence-electron chi connectivity index (χ0n) is 11.3. The molecule has 0 bridgehead atoms. The highest BCUT2D eigenvalue weighted by atomic mass is 35.5. The van der Waals surface area contributed by atoms with Crippen LogP contribution in [0.25, 0.3) is 0 Å². The monoisotopic (exact) mass is 334 g/mol. The van der Waals surface area contributed by atoms with Gasteiger partial charge in [-0.25, -0.2) is 9.18 Å². The molecule has 116 valence electrons. The highest BCUT2D eigenvalue weighted by Gasteiger charge is 2.36. The molecule has 0 saturated heterocycles. The summed E-state index contributed by atoms with van der Waals surface area (Å²) in [6.07, 6.45) is 0. The van der Waals surface area contributed by atoms with Crippen LogP contribution in [0, 0.1) is 17.1 Å². The number of fused-ring (bicyclic) bond motifs is 1. The molecule has 0 spiro atoms. The van der Waals surface area contributed by atoms with E-state index in [1.807, 2.05) is 4.98 Å². The second-order valence-corrected chi connectivity index (χ2v) is 5.12. The van der Waals surface area contributed by atoms with Crippen molar-refractivity contribution in [1.82, 2.24) is 9.97 Å². The third kappa shape index (κ3) is 2.27. The first-order valence-corrected chi connectivity index (χ1v) is 6.69. The standard InChI is InChI=1S/C14H8ClFN4O3/c15-6-2-1-3-7(16)9(6)8-5(4-17)11(18)23-13-10(8)12(21)19-14(22)20-13/h1-3,8H,18H2,(H2,19,20,21,22)/t8-/m1/s1. The molecule has 0 unspecified atom stereocenters. The van der Waals surface area contributed by atoms with Crippen molar-refractivity contribution in [3.8, 4) is 11.9 Å². The van der Waals surface area contributed by atoms with Crippen LogP contribution in [0.4, 0.5) is 4.39 Å². The molecule has 0 radical (unpaired) electrons. The number of benzene rings is 1.